The Morgan fingerprint density at radius 1 is 0.975 bits per heavy atom. The summed E-state index contributed by atoms with van der Waals surface area (Å²) < 4.78 is 98.7. The average Bonchev–Trinajstić information content (AvgIpc) is 2.87. The maximum absolute atomic E-state index is 15.1. The van der Waals surface area contributed by atoms with Crippen LogP contribution in [0.25, 0.3) is 5.83 Å². The lowest BCUT2D eigenvalue weighted by Gasteiger charge is -2.28. The Hall–Kier alpha value is -3.09. The van der Waals surface area contributed by atoms with Gasteiger partial charge in [0.2, 0.25) is 5.95 Å². The van der Waals surface area contributed by atoms with Crippen molar-refractivity contribution in [2.45, 2.75) is 38.2 Å². The van der Waals surface area contributed by atoms with Crippen LogP contribution in [0.15, 0.2) is 54.9 Å². The number of nitrogens with zero attached hydrogens (tertiary/aromatic N) is 3. The molecule has 1 atom stereocenters. The molecule has 1 unspecified atom stereocenters. The van der Waals surface area contributed by atoms with Gasteiger partial charge in [-0.25, -0.2) is 19.4 Å². The standard InChI is InChI=1S/C25H18Cl3F7N4O/c1-12(2)39(38-23-36-6-3-7-37-23)22(40)15-5-4-13(8-17(15)25(33,34)35)20(29)11-16(24(30,31)32)14-9-18(26)21(28)19(27)10-14/h3-12,16H,1-2H3,(H,36,37,38). The molecule has 0 aliphatic rings. The summed E-state index contributed by atoms with van der Waals surface area (Å²) >= 11 is 17.4. The number of halogens is 10. The van der Waals surface area contributed by atoms with Crippen molar-refractivity contribution in [1.82, 2.24) is 15.0 Å². The van der Waals surface area contributed by atoms with Gasteiger partial charge in [-0.15, -0.1) is 0 Å². The van der Waals surface area contributed by atoms with Crippen molar-refractivity contribution in [1.29, 1.82) is 0 Å². The molecule has 0 saturated carbocycles. The van der Waals surface area contributed by atoms with Gasteiger partial charge in [-0.05, 0) is 55.8 Å². The second-order valence-electron chi connectivity index (χ2n) is 8.54. The normalized spacial score (nSPS) is 13.4. The Kier molecular flexibility index (Phi) is 9.58. The lowest BCUT2D eigenvalue weighted by atomic mass is 9.95. The van der Waals surface area contributed by atoms with E-state index < -0.39 is 58.3 Å². The van der Waals surface area contributed by atoms with Crippen molar-refractivity contribution < 1.29 is 35.5 Å². The molecule has 1 amide bonds. The van der Waals surface area contributed by atoms with Crippen LogP contribution in [0.3, 0.4) is 0 Å². The molecule has 40 heavy (non-hydrogen) atoms. The first kappa shape index (κ1) is 31.4. The first-order valence-electron chi connectivity index (χ1n) is 11.2. The molecule has 214 valence electrons. The highest BCUT2D eigenvalue weighted by Crippen LogP contribution is 2.43. The molecule has 15 heteroatoms. The highest BCUT2D eigenvalue weighted by molar-refractivity contribution is 6.48. The summed E-state index contributed by atoms with van der Waals surface area (Å²) in [5, 5.41) is -0.0620. The molecule has 3 aromatic rings. The van der Waals surface area contributed by atoms with Crippen LogP contribution in [-0.4, -0.2) is 33.1 Å². The van der Waals surface area contributed by atoms with Crippen molar-refractivity contribution in [3.63, 3.8) is 0 Å². The maximum atomic E-state index is 15.1. The van der Waals surface area contributed by atoms with E-state index in [0.29, 0.717) is 6.07 Å². The topological polar surface area (TPSA) is 58.1 Å². The van der Waals surface area contributed by atoms with Crippen LogP contribution < -0.4 is 5.43 Å². The molecule has 1 N–H and O–H groups in total. The molecule has 3 rings (SSSR count). The zero-order valence-electron chi connectivity index (χ0n) is 20.4. The third-order valence-electron chi connectivity index (χ3n) is 5.38. The molecule has 5 nitrogen and oxygen atoms in total. The maximum Gasteiger partial charge on any atom is 0.417 e. The predicted octanol–water partition coefficient (Wildman–Crippen LogP) is 8.99. The van der Waals surface area contributed by atoms with Gasteiger partial charge in [-0.3, -0.25) is 10.2 Å². The first-order chi connectivity index (χ1) is 18.5. The number of hydrogen-bond donors (Lipinski definition) is 1. The SMILES string of the molecule is CC(C)N(Nc1ncccn1)C(=O)c1ccc(C(F)=CC(c2cc(Cl)c(Cl)c(Cl)c2)C(F)(F)F)cc1C(F)(F)F. The molecule has 0 bridgehead atoms. The second kappa shape index (κ2) is 12.2. The lowest BCUT2D eigenvalue weighted by molar-refractivity contribution is -0.140. The zero-order valence-corrected chi connectivity index (χ0v) is 22.6. The summed E-state index contributed by atoms with van der Waals surface area (Å²) in [6.45, 7) is 3.01. The molecular weight excluding hydrogens is 612 g/mol. The summed E-state index contributed by atoms with van der Waals surface area (Å²) in [5.41, 5.74) is -1.37. The van der Waals surface area contributed by atoms with E-state index in [0.717, 1.165) is 23.2 Å². The Balaban J connectivity index is 2.07. The number of anilines is 1. The van der Waals surface area contributed by atoms with Crippen LogP contribution in [0, 0.1) is 0 Å². The molecule has 0 fully saturated rings. The zero-order chi connectivity index (χ0) is 30.0. The Bertz CT molecular complexity index is 1390. The summed E-state index contributed by atoms with van der Waals surface area (Å²) in [6, 6.07) is 4.13. The van der Waals surface area contributed by atoms with Crippen LogP contribution in [-0.2, 0) is 6.18 Å². The fraction of sp³-hybridized carbons (Fsp3) is 0.240. The minimum atomic E-state index is -5.17. The summed E-state index contributed by atoms with van der Waals surface area (Å²) in [5.74, 6) is -5.51. The van der Waals surface area contributed by atoms with Gasteiger partial charge >= 0.3 is 12.4 Å². The lowest BCUT2D eigenvalue weighted by Crippen LogP contribution is -2.42. The smallest absolute Gasteiger partial charge is 0.267 e. The van der Waals surface area contributed by atoms with Gasteiger partial charge in [0.25, 0.3) is 5.91 Å². The quantitative estimate of drug-likeness (QED) is 0.161. The van der Waals surface area contributed by atoms with Crippen molar-refractivity contribution in [3.8, 4) is 0 Å². The van der Waals surface area contributed by atoms with E-state index in [-0.39, 0.29) is 33.2 Å². The summed E-state index contributed by atoms with van der Waals surface area (Å²) in [6.07, 6.45) is -7.49. The minimum Gasteiger partial charge on any atom is -0.267 e. The molecule has 0 aliphatic carbocycles. The number of carbonyl (C=O) groups is 1. The van der Waals surface area contributed by atoms with Crippen LogP contribution in [0.4, 0.5) is 36.7 Å². The van der Waals surface area contributed by atoms with E-state index in [1.54, 1.807) is 0 Å². The van der Waals surface area contributed by atoms with Gasteiger partial charge < -0.3 is 0 Å². The fourth-order valence-corrected chi connectivity index (χ4v) is 4.11. The number of nitrogens with one attached hydrogen (secondary N) is 1. The highest BCUT2D eigenvalue weighted by Gasteiger charge is 2.41. The van der Waals surface area contributed by atoms with Crippen LogP contribution >= 0.6 is 34.8 Å². The number of rotatable bonds is 7. The number of carbonyl (C=O) groups excluding carboxylic acids is 1. The van der Waals surface area contributed by atoms with Gasteiger partial charge in [0, 0.05) is 24.0 Å². The first-order valence-corrected chi connectivity index (χ1v) is 12.3. The summed E-state index contributed by atoms with van der Waals surface area (Å²) in [4.78, 5) is 20.9. The molecule has 1 heterocycles. The molecule has 0 saturated heterocycles. The van der Waals surface area contributed by atoms with E-state index in [4.69, 9.17) is 34.8 Å². The van der Waals surface area contributed by atoms with Gasteiger partial charge in [-0.2, -0.15) is 26.3 Å². The number of hydrogen-bond acceptors (Lipinski definition) is 4. The molecule has 0 aliphatic heterocycles. The Morgan fingerprint density at radius 3 is 2.05 bits per heavy atom. The minimum absolute atomic E-state index is 0.0793. The van der Waals surface area contributed by atoms with Crippen LogP contribution in [0.2, 0.25) is 15.1 Å². The fourth-order valence-electron chi connectivity index (χ4n) is 3.50. The molecular formula is C25H18Cl3F7N4O. The van der Waals surface area contributed by atoms with Gasteiger partial charge in [-0.1, -0.05) is 40.9 Å². The molecule has 0 spiro atoms. The molecule has 1 aromatic heterocycles. The van der Waals surface area contributed by atoms with E-state index in [2.05, 4.69) is 15.4 Å². The van der Waals surface area contributed by atoms with Crippen molar-refractivity contribution in [2.24, 2.45) is 0 Å². The Morgan fingerprint density at radius 2 is 1.55 bits per heavy atom. The van der Waals surface area contributed by atoms with Crippen molar-refractivity contribution in [2.75, 3.05) is 5.43 Å². The van der Waals surface area contributed by atoms with Gasteiger partial charge in [0.15, 0.2) is 0 Å². The molecule has 0 radical (unpaired) electrons. The number of alkyl halides is 6. The number of benzene rings is 2. The van der Waals surface area contributed by atoms with E-state index >= 15 is 4.39 Å². The number of aromatic nitrogens is 2. The molecule has 2 aromatic carbocycles. The summed E-state index contributed by atoms with van der Waals surface area (Å²) in [7, 11) is 0. The van der Waals surface area contributed by atoms with Crippen LogP contribution in [0.1, 0.15) is 46.8 Å². The number of allylic oxidation sites excluding steroid dienone is 1. The number of hydrazine groups is 1. The van der Waals surface area contributed by atoms with E-state index in [1.165, 1.54) is 32.3 Å². The van der Waals surface area contributed by atoms with E-state index in [1.807, 2.05) is 0 Å². The average molecular weight is 630 g/mol. The highest BCUT2D eigenvalue weighted by atomic mass is 35.5. The third-order valence-corrected chi connectivity index (χ3v) is 6.58. The van der Waals surface area contributed by atoms with Crippen molar-refractivity contribution >= 4 is 52.5 Å². The largest absolute Gasteiger partial charge is 0.417 e. The van der Waals surface area contributed by atoms with E-state index in [9.17, 15) is 31.1 Å². The van der Waals surface area contributed by atoms with Gasteiger partial charge in [0.1, 0.15) is 11.7 Å². The second-order valence-corrected chi connectivity index (χ2v) is 9.74. The Labute approximate surface area is 238 Å². The van der Waals surface area contributed by atoms with Crippen LogP contribution in [0.5, 0.6) is 0 Å². The third kappa shape index (κ3) is 7.35. The van der Waals surface area contributed by atoms with Gasteiger partial charge in [0.05, 0.1) is 26.2 Å². The predicted molar refractivity (Wildman–Crippen MR) is 138 cm³/mol. The van der Waals surface area contributed by atoms with Crippen molar-refractivity contribution in [3.05, 3.63) is 92.2 Å². The monoisotopic (exact) mass is 628 g/mol. The number of amides is 1.